The summed E-state index contributed by atoms with van der Waals surface area (Å²) in [7, 11) is 1.32. The molecule has 34 heavy (non-hydrogen) atoms. The second-order valence-electron chi connectivity index (χ2n) is 7.64. The topological polar surface area (TPSA) is 80.6 Å². The van der Waals surface area contributed by atoms with Crippen LogP contribution in [0.5, 0.6) is 0 Å². The summed E-state index contributed by atoms with van der Waals surface area (Å²) < 4.78 is 20.4. The molecule has 172 valence electrons. The minimum Gasteiger partial charge on any atom is -0.465 e. The summed E-state index contributed by atoms with van der Waals surface area (Å²) >= 11 is 5.16. The molecule has 0 aliphatic carbocycles. The lowest BCUT2D eigenvalue weighted by Crippen LogP contribution is -2.54. The third-order valence-corrected chi connectivity index (χ3v) is 5.75. The highest BCUT2D eigenvalue weighted by Crippen LogP contribution is 2.26. The van der Waals surface area contributed by atoms with Gasteiger partial charge in [-0.1, -0.05) is 12.1 Å². The monoisotopic (exact) mass is 477 g/mol. The van der Waals surface area contributed by atoms with Crippen molar-refractivity contribution in [1.82, 2.24) is 9.88 Å². The molecule has 0 radical (unpaired) electrons. The highest BCUT2D eigenvalue weighted by Gasteiger charge is 2.35. The van der Waals surface area contributed by atoms with E-state index in [1.165, 1.54) is 37.5 Å². The Balaban J connectivity index is 1.76. The lowest BCUT2D eigenvalue weighted by Gasteiger charge is -2.28. The van der Waals surface area contributed by atoms with Crippen molar-refractivity contribution in [2.45, 2.75) is 13.8 Å². The Kier molecular flexibility index (Phi) is 6.12. The Bertz CT molecular complexity index is 1390. The molecular weight excluding hydrogens is 457 g/mol. The van der Waals surface area contributed by atoms with Crippen LogP contribution in [0.4, 0.5) is 10.1 Å². The van der Waals surface area contributed by atoms with Gasteiger partial charge in [-0.3, -0.25) is 19.8 Å². The summed E-state index contributed by atoms with van der Waals surface area (Å²) in [6.07, 6.45) is 1.48. The van der Waals surface area contributed by atoms with Gasteiger partial charge in [0.2, 0.25) is 0 Å². The average molecular weight is 478 g/mol. The van der Waals surface area contributed by atoms with Crippen molar-refractivity contribution in [3.8, 4) is 5.69 Å². The van der Waals surface area contributed by atoms with Crippen LogP contribution < -0.4 is 10.2 Å². The second kappa shape index (κ2) is 9.03. The van der Waals surface area contributed by atoms with Crippen molar-refractivity contribution in [3.05, 3.63) is 88.5 Å². The fourth-order valence-corrected chi connectivity index (χ4v) is 4.16. The number of aryl methyl sites for hydroxylation is 1. The fourth-order valence-electron chi connectivity index (χ4n) is 3.88. The van der Waals surface area contributed by atoms with E-state index in [0.29, 0.717) is 11.1 Å². The zero-order valence-corrected chi connectivity index (χ0v) is 19.4. The van der Waals surface area contributed by atoms with Gasteiger partial charge in [-0.05, 0) is 80.2 Å². The van der Waals surface area contributed by atoms with E-state index in [9.17, 15) is 18.8 Å². The van der Waals surface area contributed by atoms with Crippen molar-refractivity contribution in [3.63, 3.8) is 0 Å². The molecule has 0 saturated carbocycles. The Hall–Kier alpha value is -4.11. The molecule has 1 aliphatic rings. The van der Waals surface area contributed by atoms with Gasteiger partial charge in [0.1, 0.15) is 11.4 Å². The number of methoxy groups -OCH3 is 1. The molecule has 1 N–H and O–H groups in total. The van der Waals surface area contributed by atoms with E-state index in [2.05, 4.69) is 5.32 Å². The first kappa shape index (κ1) is 23.1. The maximum absolute atomic E-state index is 13.7. The van der Waals surface area contributed by atoms with Crippen LogP contribution in [0.1, 0.15) is 27.3 Å². The van der Waals surface area contributed by atoms with Gasteiger partial charge in [-0.25, -0.2) is 9.18 Å². The summed E-state index contributed by atoms with van der Waals surface area (Å²) in [5.41, 5.74) is 3.41. The molecule has 3 aromatic rings. The largest absolute Gasteiger partial charge is 0.465 e. The number of ether oxygens (including phenoxy) is 1. The zero-order chi connectivity index (χ0) is 24.6. The van der Waals surface area contributed by atoms with Gasteiger partial charge in [0.05, 0.1) is 18.4 Å². The standard InChI is InChI=1S/C25H20FN3O4S/c1-14-10-17(15(2)28(14)19-8-4-6-16(11-19)24(32)33-3)12-21-22(30)27-25(34)29(23(21)31)20-9-5-7-18(26)13-20/h4-13H,1-3H3,(H,27,30,34)/b21-12+. The normalized spacial score (nSPS) is 15.0. The summed E-state index contributed by atoms with van der Waals surface area (Å²) in [5.74, 6) is -2.28. The first-order valence-electron chi connectivity index (χ1n) is 10.3. The van der Waals surface area contributed by atoms with Gasteiger partial charge in [0.25, 0.3) is 11.8 Å². The molecule has 0 bridgehead atoms. The molecule has 0 spiro atoms. The molecule has 4 rings (SSSR count). The van der Waals surface area contributed by atoms with Crippen LogP contribution in [-0.4, -0.2) is 34.6 Å². The van der Waals surface area contributed by atoms with Crippen molar-refractivity contribution < 1.29 is 23.5 Å². The maximum Gasteiger partial charge on any atom is 0.337 e. The van der Waals surface area contributed by atoms with Crippen LogP contribution in [0.25, 0.3) is 11.8 Å². The van der Waals surface area contributed by atoms with Crippen LogP contribution in [0.2, 0.25) is 0 Å². The number of carbonyl (C=O) groups excluding carboxylic acids is 3. The molecule has 1 aliphatic heterocycles. The lowest BCUT2D eigenvalue weighted by molar-refractivity contribution is -0.122. The minimum atomic E-state index is -0.656. The minimum absolute atomic E-state index is 0.122. The second-order valence-corrected chi connectivity index (χ2v) is 8.03. The van der Waals surface area contributed by atoms with E-state index in [-0.39, 0.29) is 16.4 Å². The summed E-state index contributed by atoms with van der Waals surface area (Å²) in [6.45, 7) is 3.71. The fraction of sp³-hybridized carbons (Fsp3) is 0.120. The highest BCUT2D eigenvalue weighted by molar-refractivity contribution is 7.80. The van der Waals surface area contributed by atoms with E-state index in [0.717, 1.165) is 22.0 Å². The molecule has 1 aromatic heterocycles. The number of hydrogen-bond acceptors (Lipinski definition) is 5. The molecule has 2 aromatic carbocycles. The number of halogens is 1. The number of esters is 1. The molecule has 9 heteroatoms. The molecule has 1 fully saturated rings. The Morgan fingerprint density at radius 3 is 2.47 bits per heavy atom. The van der Waals surface area contributed by atoms with Gasteiger partial charge < -0.3 is 9.30 Å². The number of thiocarbonyl (C=S) groups is 1. The number of carbonyl (C=O) groups is 3. The van der Waals surface area contributed by atoms with Crippen LogP contribution in [0.3, 0.4) is 0 Å². The Morgan fingerprint density at radius 2 is 1.76 bits per heavy atom. The van der Waals surface area contributed by atoms with Crippen molar-refractivity contribution in [2.24, 2.45) is 0 Å². The molecule has 1 saturated heterocycles. The number of rotatable bonds is 4. The van der Waals surface area contributed by atoms with Crippen LogP contribution in [0.15, 0.2) is 60.2 Å². The quantitative estimate of drug-likeness (QED) is 0.267. The van der Waals surface area contributed by atoms with Crippen LogP contribution in [0, 0.1) is 19.7 Å². The predicted octanol–water partition coefficient (Wildman–Crippen LogP) is 3.85. The van der Waals surface area contributed by atoms with Crippen molar-refractivity contribution >= 4 is 46.9 Å². The number of anilines is 1. The van der Waals surface area contributed by atoms with E-state index in [1.54, 1.807) is 18.2 Å². The Labute approximate surface area is 200 Å². The van der Waals surface area contributed by atoms with Crippen molar-refractivity contribution in [2.75, 3.05) is 12.0 Å². The third-order valence-electron chi connectivity index (χ3n) is 5.46. The first-order valence-corrected chi connectivity index (χ1v) is 10.7. The van der Waals surface area contributed by atoms with Gasteiger partial charge in [-0.15, -0.1) is 0 Å². The average Bonchev–Trinajstić information content (AvgIpc) is 3.08. The van der Waals surface area contributed by atoms with E-state index in [1.807, 2.05) is 30.5 Å². The van der Waals surface area contributed by atoms with E-state index in [4.69, 9.17) is 17.0 Å². The summed E-state index contributed by atoms with van der Waals surface area (Å²) in [5, 5.41) is 2.37. The number of amides is 2. The summed E-state index contributed by atoms with van der Waals surface area (Å²) in [4.78, 5) is 38.9. The van der Waals surface area contributed by atoms with Crippen molar-refractivity contribution in [1.29, 1.82) is 0 Å². The van der Waals surface area contributed by atoms with Crippen LogP contribution in [-0.2, 0) is 14.3 Å². The summed E-state index contributed by atoms with van der Waals surface area (Å²) in [6, 6.07) is 14.2. The number of nitrogens with zero attached hydrogens (tertiary/aromatic N) is 2. The van der Waals surface area contributed by atoms with Gasteiger partial charge >= 0.3 is 5.97 Å². The van der Waals surface area contributed by atoms with Crippen LogP contribution >= 0.6 is 12.2 Å². The molecule has 0 atom stereocenters. The smallest absolute Gasteiger partial charge is 0.337 e. The molecule has 2 amide bonds. The van der Waals surface area contributed by atoms with E-state index >= 15 is 0 Å². The zero-order valence-electron chi connectivity index (χ0n) is 18.6. The molecule has 7 nitrogen and oxygen atoms in total. The highest BCUT2D eigenvalue weighted by atomic mass is 32.1. The first-order chi connectivity index (χ1) is 16.2. The SMILES string of the molecule is COC(=O)c1cccc(-n2c(C)cc(/C=C3\C(=O)NC(=S)N(c4cccc(F)c4)C3=O)c2C)c1. The number of benzene rings is 2. The van der Waals surface area contributed by atoms with E-state index < -0.39 is 23.6 Å². The predicted molar refractivity (Wildman–Crippen MR) is 129 cm³/mol. The maximum atomic E-state index is 13.7. The number of aromatic nitrogens is 1. The lowest BCUT2D eigenvalue weighted by atomic mass is 10.1. The molecule has 2 heterocycles. The van der Waals surface area contributed by atoms with Gasteiger partial charge in [0.15, 0.2) is 5.11 Å². The number of nitrogens with one attached hydrogen (secondary N) is 1. The number of hydrogen-bond donors (Lipinski definition) is 1. The molecular formula is C25H20FN3O4S. The van der Waals surface area contributed by atoms with Gasteiger partial charge in [-0.2, -0.15) is 0 Å². The third kappa shape index (κ3) is 4.13. The molecule has 0 unspecified atom stereocenters. The Morgan fingerprint density at radius 1 is 1.06 bits per heavy atom. The van der Waals surface area contributed by atoms with Gasteiger partial charge in [0, 0.05) is 17.1 Å².